The van der Waals surface area contributed by atoms with Gasteiger partial charge in [0.2, 0.25) is 0 Å². The number of halogens is 3. The van der Waals surface area contributed by atoms with Crippen molar-refractivity contribution in [1.29, 1.82) is 0 Å². The first-order chi connectivity index (χ1) is 15.9. The molecule has 1 saturated heterocycles. The molecule has 10 heteroatoms. The largest absolute Gasteiger partial charge is 0.492 e. The lowest BCUT2D eigenvalue weighted by Crippen LogP contribution is -2.25. The molecule has 0 bridgehead atoms. The highest BCUT2D eigenvalue weighted by atomic mass is 35.5. The maximum Gasteiger partial charge on any atom is 0.323 e. The van der Waals surface area contributed by atoms with Crippen molar-refractivity contribution in [2.75, 3.05) is 36.9 Å². The summed E-state index contributed by atoms with van der Waals surface area (Å²) in [7, 11) is 1.78. The summed E-state index contributed by atoms with van der Waals surface area (Å²) in [5, 5.41) is 10.1. The van der Waals surface area contributed by atoms with Crippen LogP contribution in [0.5, 0.6) is 5.75 Å². The standard InChI is InChI=1S/C23H24Cl2FN5O2/c1-30-22(18(25)14-27-30)17-13-16(5-7-21(17)33-11-10-31-8-2-3-9-31)28-23(32)29-20-6-4-15(24)12-19(20)26/h4-7,12-14H,2-3,8-11H2,1H3,(H2,28,29,32). The van der Waals surface area contributed by atoms with E-state index in [4.69, 9.17) is 27.9 Å². The predicted molar refractivity (Wildman–Crippen MR) is 129 cm³/mol. The van der Waals surface area contributed by atoms with Crippen molar-refractivity contribution in [3.8, 4) is 17.0 Å². The Hall–Kier alpha value is -2.81. The number of rotatable bonds is 7. The minimum atomic E-state index is -0.623. The van der Waals surface area contributed by atoms with Gasteiger partial charge < -0.3 is 15.4 Å². The third-order valence-electron chi connectivity index (χ3n) is 5.43. The smallest absolute Gasteiger partial charge is 0.323 e. The van der Waals surface area contributed by atoms with Crippen molar-refractivity contribution in [3.05, 3.63) is 58.5 Å². The normalized spacial score (nSPS) is 13.8. The van der Waals surface area contributed by atoms with Gasteiger partial charge in [-0.15, -0.1) is 0 Å². The van der Waals surface area contributed by atoms with E-state index < -0.39 is 11.8 Å². The van der Waals surface area contributed by atoms with Gasteiger partial charge in [0.1, 0.15) is 18.2 Å². The van der Waals surface area contributed by atoms with Gasteiger partial charge in [-0.2, -0.15) is 5.10 Å². The van der Waals surface area contributed by atoms with Crippen LogP contribution in [-0.4, -0.2) is 47.0 Å². The number of ether oxygens (including phenoxy) is 1. The molecule has 0 saturated carbocycles. The van der Waals surface area contributed by atoms with Crippen LogP contribution >= 0.6 is 23.2 Å². The molecule has 2 amide bonds. The molecule has 0 aliphatic carbocycles. The highest BCUT2D eigenvalue weighted by Crippen LogP contribution is 2.36. The predicted octanol–water partition coefficient (Wildman–Crippen LogP) is 5.65. The lowest BCUT2D eigenvalue weighted by atomic mass is 10.1. The molecule has 2 N–H and O–H groups in total. The second-order valence-electron chi connectivity index (χ2n) is 7.78. The number of carbonyl (C=O) groups excluding carboxylic acids is 1. The zero-order valence-electron chi connectivity index (χ0n) is 18.1. The van der Waals surface area contributed by atoms with Crippen LogP contribution in [0.25, 0.3) is 11.3 Å². The summed E-state index contributed by atoms with van der Waals surface area (Å²) in [5.74, 6) is 0.0103. The number of amides is 2. The van der Waals surface area contributed by atoms with Crippen molar-refractivity contribution in [3.63, 3.8) is 0 Å². The van der Waals surface area contributed by atoms with E-state index in [-0.39, 0.29) is 10.7 Å². The quantitative estimate of drug-likeness (QED) is 0.447. The molecule has 0 atom stereocenters. The van der Waals surface area contributed by atoms with Crippen LogP contribution in [0.15, 0.2) is 42.6 Å². The molecule has 2 aromatic carbocycles. The highest BCUT2D eigenvalue weighted by Gasteiger charge is 2.18. The molecule has 174 valence electrons. The molecule has 0 spiro atoms. The number of carbonyl (C=O) groups is 1. The molecule has 7 nitrogen and oxygen atoms in total. The fourth-order valence-corrected chi connectivity index (χ4v) is 4.23. The summed E-state index contributed by atoms with van der Waals surface area (Å²) in [6.07, 6.45) is 4.00. The lowest BCUT2D eigenvalue weighted by Gasteiger charge is -2.18. The second kappa shape index (κ2) is 10.4. The SMILES string of the molecule is Cn1ncc(Cl)c1-c1cc(NC(=O)Nc2ccc(Cl)cc2F)ccc1OCCN1CCCC1. The Morgan fingerprint density at radius 2 is 1.94 bits per heavy atom. The average Bonchev–Trinajstić information content (AvgIpc) is 3.41. The van der Waals surface area contributed by atoms with E-state index in [2.05, 4.69) is 20.6 Å². The summed E-state index contributed by atoms with van der Waals surface area (Å²) in [6.45, 7) is 3.56. The molecule has 0 unspecified atom stereocenters. The Kier molecular flexibility index (Phi) is 7.37. The van der Waals surface area contributed by atoms with Gasteiger partial charge in [-0.1, -0.05) is 23.2 Å². The molecule has 1 aromatic heterocycles. The fraction of sp³-hybridized carbons (Fsp3) is 0.304. The average molecular weight is 492 g/mol. The van der Waals surface area contributed by atoms with Gasteiger partial charge in [0.05, 0.1) is 22.6 Å². The fourth-order valence-electron chi connectivity index (χ4n) is 3.80. The van der Waals surface area contributed by atoms with Crippen LogP contribution in [0.3, 0.4) is 0 Å². The summed E-state index contributed by atoms with van der Waals surface area (Å²) in [4.78, 5) is 14.8. The number of aryl methyl sites for hydroxylation is 1. The van der Waals surface area contributed by atoms with Gasteiger partial charge in [0.25, 0.3) is 0 Å². The molecule has 3 aromatic rings. The number of urea groups is 1. The minimum Gasteiger partial charge on any atom is -0.492 e. The van der Waals surface area contributed by atoms with Gasteiger partial charge in [-0.25, -0.2) is 9.18 Å². The van der Waals surface area contributed by atoms with E-state index in [0.29, 0.717) is 34.3 Å². The summed E-state index contributed by atoms with van der Waals surface area (Å²) in [6, 6.07) is 8.69. The summed E-state index contributed by atoms with van der Waals surface area (Å²) in [5.41, 5.74) is 1.87. The number of nitrogens with zero attached hydrogens (tertiary/aromatic N) is 3. The van der Waals surface area contributed by atoms with Crippen molar-refractivity contribution >= 4 is 40.6 Å². The first-order valence-corrected chi connectivity index (χ1v) is 11.4. The monoisotopic (exact) mass is 491 g/mol. The number of hydrogen-bond acceptors (Lipinski definition) is 4. The first-order valence-electron chi connectivity index (χ1n) is 10.6. The molecular weight excluding hydrogens is 468 g/mol. The van der Waals surface area contributed by atoms with Crippen LogP contribution in [0.1, 0.15) is 12.8 Å². The molecule has 33 heavy (non-hydrogen) atoms. The summed E-state index contributed by atoms with van der Waals surface area (Å²) < 4.78 is 21.7. The lowest BCUT2D eigenvalue weighted by molar-refractivity contribution is 0.238. The summed E-state index contributed by atoms with van der Waals surface area (Å²) >= 11 is 12.1. The van der Waals surface area contributed by atoms with Crippen molar-refractivity contribution in [2.24, 2.45) is 7.05 Å². The van der Waals surface area contributed by atoms with Gasteiger partial charge in [0.15, 0.2) is 0 Å². The molecule has 2 heterocycles. The zero-order valence-corrected chi connectivity index (χ0v) is 19.6. The molecule has 1 aliphatic heterocycles. The van der Waals surface area contributed by atoms with E-state index in [1.807, 2.05) is 0 Å². The first kappa shape index (κ1) is 23.4. The Morgan fingerprint density at radius 1 is 1.15 bits per heavy atom. The zero-order chi connectivity index (χ0) is 23.4. The third-order valence-corrected chi connectivity index (χ3v) is 5.94. The topological polar surface area (TPSA) is 71.4 Å². The van der Waals surface area contributed by atoms with E-state index in [1.54, 1.807) is 36.1 Å². The second-order valence-corrected chi connectivity index (χ2v) is 8.62. The van der Waals surface area contributed by atoms with Gasteiger partial charge in [-0.05, 0) is 62.3 Å². The molecule has 1 fully saturated rings. The molecule has 0 radical (unpaired) electrons. The number of aromatic nitrogens is 2. The van der Waals surface area contributed by atoms with Crippen LogP contribution in [-0.2, 0) is 7.05 Å². The van der Waals surface area contributed by atoms with E-state index in [0.717, 1.165) is 25.7 Å². The molecule has 4 rings (SSSR count). The maximum absolute atomic E-state index is 14.0. The minimum absolute atomic E-state index is 0.0219. The van der Waals surface area contributed by atoms with Crippen LogP contribution in [0.4, 0.5) is 20.6 Å². The van der Waals surface area contributed by atoms with Crippen LogP contribution in [0, 0.1) is 5.82 Å². The molecule has 1 aliphatic rings. The van der Waals surface area contributed by atoms with Gasteiger partial charge in [-0.3, -0.25) is 9.58 Å². The number of likely N-dealkylation sites (tertiary alicyclic amines) is 1. The van der Waals surface area contributed by atoms with Crippen molar-refractivity contribution in [2.45, 2.75) is 12.8 Å². The Labute approximate surface area is 201 Å². The third kappa shape index (κ3) is 5.76. The number of benzene rings is 2. The molecular formula is C23H24Cl2FN5O2. The van der Waals surface area contributed by atoms with Crippen molar-refractivity contribution < 1.29 is 13.9 Å². The van der Waals surface area contributed by atoms with E-state index in [9.17, 15) is 9.18 Å². The number of hydrogen-bond donors (Lipinski definition) is 2. The maximum atomic E-state index is 14.0. The Bertz CT molecular complexity index is 1130. The van der Waals surface area contributed by atoms with E-state index >= 15 is 0 Å². The van der Waals surface area contributed by atoms with Crippen LogP contribution in [0.2, 0.25) is 10.0 Å². The number of nitrogens with one attached hydrogen (secondary N) is 2. The van der Waals surface area contributed by atoms with Crippen molar-refractivity contribution in [1.82, 2.24) is 14.7 Å². The Morgan fingerprint density at radius 3 is 2.64 bits per heavy atom. The van der Waals surface area contributed by atoms with Gasteiger partial charge >= 0.3 is 6.03 Å². The van der Waals surface area contributed by atoms with Gasteiger partial charge in [0, 0.05) is 29.9 Å². The number of anilines is 2. The Balaban J connectivity index is 1.52. The highest BCUT2D eigenvalue weighted by molar-refractivity contribution is 6.33. The van der Waals surface area contributed by atoms with Crippen LogP contribution < -0.4 is 15.4 Å². The van der Waals surface area contributed by atoms with E-state index in [1.165, 1.54) is 25.0 Å².